The van der Waals surface area contributed by atoms with Gasteiger partial charge in [0.1, 0.15) is 6.54 Å². The summed E-state index contributed by atoms with van der Waals surface area (Å²) in [6.45, 7) is 1.79. The highest BCUT2D eigenvalue weighted by Gasteiger charge is 2.15. The van der Waals surface area contributed by atoms with E-state index in [4.69, 9.17) is 14.6 Å². The Bertz CT molecular complexity index is 489. The van der Waals surface area contributed by atoms with Gasteiger partial charge in [0.05, 0.1) is 18.2 Å². The van der Waals surface area contributed by atoms with Gasteiger partial charge in [0.25, 0.3) is 5.91 Å². The highest BCUT2D eigenvalue weighted by atomic mass is 79.9. The van der Waals surface area contributed by atoms with Crippen molar-refractivity contribution in [3.63, 3.8) is 0 Å². The van der Waals surface area contributed by atoms with Crippen LogP contribution in [0.2, 0.25) is 0 Å². The first-order chi connectivity index (χ1) is 8.99. The number of nitrogens with one attached hydrogen (secondary N) is 1. The van der Waals surface area contributed by atoms with Crippen LogP contribution in [0.4, 0.5) is 0 Å². The minimum atomic E-state index is -1.11. The Kier molecular flexibility index (Phi) is 5.62. The van der Waals surface area contributed by atoms with Gasteiger partial charge in [-0.15, -0.1) is 0 Å². The molecule has 7 heteroatoms. The number of halogens is 1. The van der Waals surface area contributed by atoms with Gasteiger partial charge in [-0.05, 0) is 35.0 Å². The van der Waals surface area contributed by atoms with Gasteiger partial charge in [0.2, 0.25) is 0 Å². The number of hydrogen-bond donors (Lipinski definition) is 2. The Balaban J connectivity index is 3.02. The fraction of sp³-hybridized carbons (Fsp3) is 0.333. The Morgan fingerprint density at radius 3 is 2.63 bits per heavy atom. The summed E-state index contributed by atoms with van der Waals surface area (Å²) < 4.78 is 11.1. The second-order valence-corrected chi connectivity index (χ2v) is 4.35. The summed E-state index contributed by atoms with van der Waals surface area (Å²) in [4.78, 5) is 22.2. The van der Waals surface area contributed by atoms with Gasteiger partial charge in [-0.25, -0.2) is 0 Å². The second kappa shape index (κ2) is 6.98. The topological polar surface area (TPSA) is 84.9 Å². The van der Waals surface area contributed by atoms with Crippen LogP contribution in [-0.2, 0) is 4.79 Å². The smallest absolute Gasteiger partial charge is 0.322 e. The van der Waals surface area contributed by atoms with Gasteiger partial charge in [-0.2, -0.15) is 0 Å². The van der Waals surface area contributed by atoms with Gasteiger partial charge in [-0.1, -0.05) is 0 Å². The van der Waals surface area contributed by atoms with Crippen LogP contribution < -0.4 is 14.8 Å². The minimum absolute atomic E-state index is 0.289. The molecule has 0 spiro atoms. The van der Waals surface area contributed by atoms with Gasteiger partial charge >= 0.3 is 5.97 Å². The molecule has 1 aromatic rings. The highest BCUT2D eigenvalue weighted by Crippen LogP contribution is 2.36. The standard InChI is InChI=1S/C12H14BrNO5/c1-3-19-9-5-7(4-8(13)11(9)18-2)12(17)14-6-10(15)16/h4-5H,3,6H2,1-2H3,(H,14,17)(H,15,16). The van der Waals surface area contributed by atoms with E-state index in [1.165, 1.54) is 13.2 Å². The van der Waals surface area contributed by atoms with E-state index >= 15 is 0 Å². The van der Waals surface area contributed by atoms with E-state index < -0.39 is 18.4 Å². The summed E-state index contributed by atoms with van der Waals surface area (Å²) in [5.41, 5.74) is 0.289. The number of carbonyl (C=O) groups excluding carboxylic acids is 1. The van der Waals surface area contributed by atoms with Crippen LogP contribution in [0.3, 0.4) is 0 Å². The fourth-order valence-corrected chi connectivity index (χ4v) is 2.02. The molecule has 6 nitrogen and oxygen atoms in total. The van der Waals surface area contributed by atoms with Crippen LogP contribution in [0, 0.1) is 0 Å². The lowest BCUT2D eigenvalue weighted by atomic mass is 10.2. The number of carboxylic acid groups (broad SMARTS) is 1. The molecule has 0 aliphatic heterocycles. The number of benzene rings is 1. The fourth-order valence-electron chi connectivity index (χ4n) is 1.42. The van der Waals surface area contributed by atoms with Crippen molar-refractivity contribution in [3.8, 4) is 11.5 Å². The second-order valence-electron chi connectivity index (χ2n) is 3.50. The van der Waals surface area contributed by atoms with Crippen molar-refractivity contribution in [3.05, 3.63) is 22.2 Å². The summed E-state index contributed by atoms with van der Waals surface area (Å²) >= 11 is 3.28. The molecule has 0 aliphatic rings. The zero-order chi connectivity index (χ0) is 14.4. The molecule has 104 valence electrons. The van der Waals surface area contributed by atoms with E-state index in [1.807, 2.05) is 6.92 Å². The Morgan fingerprint density at radius 1 is 1.42 bits per heavy atom. The van der Waals surface area contributed by atoms with Gasteiger partial charge < -0.3 is 19.9 Å². The largest absolute Gasteiger partial charge is 0.492 e. The summed E-state index contributed by atoms with van der Waals surface area (Å²) in [6, 6.07) is 3.04. The average Bonchev–Trinajstić information content (AvgIpc) is 2.36. The molecule has 1 aromatic carbocycles. The predicted molar refractivity (Wildman–Crippen MR) is 71.8 cm³/mol. The van der Waals surface area contributed by atoms with E-state index in [0.717, 1.165) is 0 Å². The molecule has 0 radical (unpaired) electrons. The minimum Gasteiger partial charge on any atom is -0.492 e. The number of hydrogen-bond acceptors (Lipinski definition) is 4. The lowest BCUT2D eigenvalue weighted by Gasteiger charge is -2.13. The third-order valence-electron chi connectivity index (χ3n) is 2.18. The van der Waals surface area contributed by atoms with E-state index in [1.54, 1.807) is 6.07 Å². The predicted octanol–water partition coefficient (Wildman–Crippen LogP) is 1.67. The van der Waals surface area contributed by atoms with Gasteiger partial charge in [-0.3, -0.25) is 9.59 Å². The molecule has 0 saturated carbocycles. The molecule has 0 aliphatic carbocycles. The quantitative estimate of drug-likeness (QED) is 0.828. The van der Waals surface area contributed by atoms with Crippen molar-refractivity contribution in [2.24, 2.45) is 0 Å². The van der Waals surface area contributed by atoms with Crippen LogP contribution in [0.1, 0.15) is 17.3 Å². The van der Waals surface area contributed by atoms with E-state index in [-0.39, 0.29) is 5.56 Å². The zero-order valence-electron chi connectivity index (χ0n) is 10.5. The molecule has 0 bridgehead atoms. The third kappa shape index (κ3) is 4.13. The molecule has 0 aromatic heterocycles. The molecule has 2 N–H and O–H groups in total. The maximum atomic E-state index is 11.8. The molecule has 19 heavy (non-hydrogen) atoms. The molecular weight excluding hydrogens is 318 g/mol. The van der Waals surface area contributed by atoms with Crippen LogP contribution in [0.5, 0.6) is 11.5 Å². The van der Waals surface area contributed by atoms with Crippen molar-refractivity contribution >= 4 is 27.8 Å². The Morgan fingerprint density at radius 2 is 2.11 bits per heavy atom. The van der Waals surface area contributed by atoms with Crippen LogP contribution in [0.25, 0.3) is 0 Å². The van der Waals surface area contributed by atoms with Crippen LogP contribution in [-0.4, -0.2) is 37.2 Å². The first-order valence-electron chi connectivity index (χ1n) is 5.49. The number of aliphatic carboxylic acids is 1. The van der Waals surface area contributed by atoms with Crippen molar-refractivity contribution in [2.75, 3.05) is 20.3 Å². The summed E-state index contributed by atoms with van der Waals surface area (Å²) in [7, 11) is 1.49. The molecule has 0 fully saturated rings. The maximum absolute atomic E-state index is 11.8. The molecule has 0 unspecified atom stereocenters. The zero-order valence-corrected chi connectivity index (χ0v) is 12.1. The monoisotopic (exact) mass is 331 g/mol. The number of ether oxygens (including phenoxy) is 2. The van der Waals surface area contributed by atoms with E-state index in [2.05, 4.69) is 21.2 Å². The first kappa shape index (κ1) is 15.3. The number of methoxy groups -OCH3 is 1. The number of carbonyl (C=O) groups is 2. The van der Waals surface area contributed by atoms with Gasteiger partial charge in [0.15, 0.2) is 11.5 Å². The summed E-state index contributed by atoms with van der Waals surface area (Å²) in [5.74, 6) is -0.700. The van der Waals surface area contributed by atoms with E-state index in [0.29, 0.717) is 22.6 Å². The van der Waals surface area contributed by atoms with Crippen LogP contribution >= 0.6 is 15.9 Å². The normalized spacial score (nSPS) is 9.84. The lowest BCUT2D eigenvalue weighted by Crippen LogP contribution is -2.29. The molecule has 1 rings (SSSR count). The Labute approximate surface area is 118 Å². The molecular formula is C12H14BrNO5. The SMILES string of the molecule is CCOc1cc(C(=O)NCC(=O)O)cc(Br)c1OC. The first-order valence-corrected chi connectivity index (χ1v) is 6.29. The number of amides is 1. The average molecular weight is 332 g/mol. The molecule has 0 atom stereocenters. The van der Waals surface area contributed by atoms with Crippen molar-refractivity contribution in [1.82, 2.24) is 5.32 Å². The van der Waals surface area contributed by atoms with Gasteiger partial charge in [0, 0.05) is 5.56 Å². The number of rotatable bonds is 6. The summed E-state index contributed by atoms with van der Waals surface area (Å²) in [5, 5.41) is 10.8. The highest BCUT2D eigenvalue weighted by molar-refractivity contribution is 9.10. The summed E-state index contributed by atoms with van der Waals surface area (Å²) in [6.07, 6.45) is 0. The van der Waals surface area contributed by atoms with Crippen molar-refractivity contribution in [2.45, 2.75) is 6.92 Å². The van der Waals surface area contributed by atoms with E-state index in [9.17, 15) is 9.59 Å². The maximum Gasteiger partial charge on any atom is 0.322 e. The Hall–Kier alpha value is -1.76. The van der Waals surface area contributed by atoms with Crippen molar-refractivity contribution in [1.29, 1.82) is 0 Å². The molecule has 0 saturated heterocycles. The lowest BCUT2D eigenvalue weighted by molar-refractivity contribution is -0.135. The third-order valence-corrected chi connectivity index (χ3v) is 2.76. The van der Waals surface area contributed by atoms with Crippen molar-refractivity contribution < 1.29 is 24.2 Å². The molecule has 0 heterocycles. The molecule has 1 amide bonds. The number of carboxylic acids is 1. The van der Waals surface area contributed by atoms with Crippen LogP contribution in [0.15, 0.2) is 16.6 Å².